The molecule has 1 aromatic carbocycles. The maximum Gasteiger partial charge on any atom is 0.127 e. The van der Waals surface area contributed by atoms with Crippen molar-refractivity contribution in [2.45, 2.75) is 32.7 Å². The molecule has 2 rings (SSSR count). The molecule has 1 aliphatic heterocycles. The van der Waals surface area contributed by atoms with Gasteiger partial charge in [0.1, 0.15) is 5.75 Å². The van der Waals surface area contributed by atoms with E-state index in [1.807, 2.05) is 0 Å². The predicted octanol–water partition coefficient (Wildman–Crippen LogP) is 2.84. The van der Waals surface area contributed by atoms with Crippen LogP contribution in [-0.2, 0) is 0 Å². The maximum atomic E-state index is 6.18. The highest BCUT2D eigenvalue weighted by Crippen LogP contribution is 2.38. The van der Waals surface area contributed by atoms with Gasteiger partial charge in [0, 0.05) is 17.5 Å². The molecular formula is C13H19NO. The Bertz CT molecular complexity index is 360. The van der Waals surface area contributed by atoms with Crippen LogP contribution in [0.1, 0.15) is 43.9 Å². The van der Waals surface area contributed by atoms with Gasteiger partial charge in [-0.05, 0) is 11.5 Å². The van der Waals surface area contributed by atoms with Crippen molar-refractivity contribution >= 4 is 0 Å². The Kier molecular flexibility index (Phi) is 2.70. The summed E-state index contributed by atoms with van der Waals surface area (Å²) < 4.78 is 5.82. The van der Waals surface area contributed by atoms with Crippen LogP contribution in [0.15, 0.2) is 18.2 Å². The second-order valence-electron chi connectivity index (χ2n) is 4.73. The maximum absolute atomic E-state index is 6.18. The summed E-state index contributed by atoms with van der Waals surface area (Å²) in [5.74, 6) is 1.92. The van der Waals surface area contributed by atoms with E-state index in [0.29, 0.717) is 11.8 Å². The largest absolute Gasteiger partial charge is 0.493 e. The van der Waals surface area contributed by atoms with Crippen molar-refractivity contribution in [1.82, 2.24) is 0 Å². The fourth-order valence-corrected chi connectivity index (χ4v) is 2.08. The highest BCUT2D eigenvalue weighted by Gasteiger charge is 2.26. The van der Waals surface area contributed by atoms with Crippen LogP contribution < -0.4 is 10.5 Å². The molecule has 1 heterocycles. The Hall–Kier alpha value is -1.02. The third kappa shape index (κ3) is 1.74. The number of hydrogen-bond donors (Lipinski definition) is 1. The molecule has 0 aromatic heterocycles. The lowest BCUT2D eigenvalue weighted by Crippen LogP contribution is -2.29. The lowest BCUT2D eigenvalue weighted by Gasteiger charge is -2.30. The van der Waals surface area contributed by atoms with Crippen molar-refractivity contribution in [3.8, 4) is 5.75 Å². The Labute approximate surface area is 91.4 Å². The van der Waals surface area contributed by atoms with Crippen molar-refractivity contribution in [2.24, 2.45) is 11.7 Å². The summed E-state index contributed by atoms with van der Waals surface area (Å²) in [6, 6.07) is 6.41. The first-order valence-corrected chi connectivity index (χ1v) is 5.62. The number of fused-ring (bicyclic) bond motifs is 1. The van der Waals surface area contributed by atoms with Gasteiger partial charge < -0.3 is 10.5 Å². The standard InChI is InChI=1S/C13H19NO/c1-8(2)10-5-4-6-11-12(14)9(3)7-15-13(10)11/h4-6,8-9,12H,7,14H2,1-3H3. The Morgan fingerprint density at radius 2 is 2.13 bits per heavy atom. The summed E-state index contributed by atoms with van der Waals surface area (Å²) in [6.45, 7) is 7.23. The Morgan fingerprint density at radius 1 is 1.40 bits per heavy atom. The first-order valence-electron chi connectivity index (χ1n) is 5.62. The SMILES string of the molecule is CC(C)c1cccc2c1OCC(C)C2N. The van der Waals surface area contributed by atoms with Crippen molar-refractivity contribution < 1.29 is 4.74 Å². The highest BCUT2D eigenvalue weighted by atomic mass is 16.5. The summed E-state index contributed by atoms with van der Waals surface area (Å²) >= 11 is 0. The normalized spacial score (nSPS) is 24.9. The van der Waals surface area contributed by atoms with Crippen LogP contribution in [-0.4, -0.2) is 6.61 Å². The number of para-hydroxylation sites is 1. The number of hydrogen-bond acceptors (Lipinski definition) is 2. The third-order valence-electron chi connectivity index (χ3n) is 3.16. The van der Waals surface area contributed by atoms with Gasteiger partial charge >= 0.3 is 0 Å². The molecule has 2 atom stereocenters. The van der Waals surface area contributed by atoms with Crippen LogP contribution in [0.3, 0.4) is 0 Å². The minimum absolute atomic E-state index is 0.118. The summed E-state index contributed by atoms with van der Waals surface area (Å²) in [5.41, 5.74) is 8.62. The fourth-order valence-electron chi connectivity index (χ4n) is 2.08. The van der Waals surface area contributed by atoms with E-state index in [9.17, 15) is 0 Å². The van der Waals surface area contributed by atoms with E-state index in [0.717, 1.165) is 12.4 Å². The van der Waals surface area contributed by atoms with E-state index in [2.05, 4.69) is 39.0 Å². The molecule has 0 radical (unpaired) electrons. The number of rotatable bonds is 1. The minimum atomic E-state index is 0.118. The van der Waals surface area contributed by atoms with Crippen LogP contribution >= 0.6 is 0 Å². The molecule has 1 aromatic rings. The van der Waals surface area contributed by atoms with Gasteiger partial charge in [-0.3, -0.25) is 0 Å². The van der Waals surface area contributed by atoms with Crippen LogP contribution in [0.2, 0.25) is 0 Å². The molecule has 2 N–H and O–H groups in total. The monoisotopic (exact) mass is 205 g/mol. The molecule has 82 valence electrons. The first-order chi connectivity index (χ1) is 7.11. The quantitative estimate of drug-likeness (QED) is 0.765. The van der Waals surface area contributed by atoms with E-state index in [1.165, 1.54) is 11.1 Å². The topological polar surface area (TPSA) is 35.2 Å². The van der Waals surface area contributed by atoms with Gasteiger partial charge in [0.05, 0.1) is 6.61 Å². The second kappa shape index (κ2) is 3.86. The number of benzene rings is 1. The molecule has 0 fully saturated rings. The number of nitrogens with two attached hydrogens (primary N) is 1. The van der Waals surface area contributed by atoms with Gasteiger partial charge in [-0.2, -0.15) is 0 Å². The summed E-state index contributed by atoms with van der Waals surface area (Å²) in [6.07, 6.45) is 0. The van der Waals surface area contributed by atoms with Gasteiger partial charge in [-0.1, -0.05) is 39.0 Å². The van der Waals surface area contributed by atoms with E-state index in [4.69, 9.17) is 10.5 Å². The molecule has 0 aliphatic carbocycles. The van der Waals surface area contributed by atoms with Crippen molar-refractivity contribution in [2.75, 3.05) is 6.61 Å². The van der Waals surface area contributed by atoms with Gasteiger partial charge in [-0.15, -0.1) is 0 Å². The molecule has 0 saturated carbocycles. The molecule has 1 aliphatic rings. The summed E-state index contributed by atoms with van der Waals surface area (Å²) in [5, 5.41) is 0. The molecule has 0 saturated heterocycles. The summed E-state index contributed by atoms with van der Waals surface area (Å²) in [4.78, 5) is 0. The van der Waals surface area contributed by atoms with Crippen LogP contribution in [0.5, 0.6) is 5.75 Å². The number of ether oxygens (including phenoxy) is 1. The van der Waals surface area contributed by atoms with E-state index in [-0.39, 0.29) is 6.04 Å². The molecule has 15 heavy (non-hydrogen) atoms. The van der Waals surface area contributed by atoms with E-state index in [1.54, 1.807) is 0 Å². The zero-order valence-electron chi connectivity index (χ0n) is 9.66. The lowest BCUT2D eigenvalue weighted by molar-refractivity contribution is 0.204. The first kappa shape index (κ1) is 10.5. The predicted molar refractivity (Wildman–Crippen MR) is 62.1 cm³/mol. The van der Waals surface area contributed by atoms with Crippen molar-refractivity contribution in [3.05, 3.63) is 29.3 Å². The molecule has 2 unspecified atom stereocenters. The van der Waals surface area contributed by atoms with Crippen LogP contribution in [0.4, 0.5) is 0 Å². The third-order valence-corrected chi connectivity index (χ3v) is 3.16. The van der Waals surface area contributed by atoms with E-state index >= 15 is 0 Å². The molecule has 2 nitrogen and oxygen atoms in total. The van der Waals surface area contributed by atoms with Gasteiger partial charge in [-0.25, -0.2) is 0 Å². The fraction of sp³-hybridized carbons (Fsp3) is 0.538. The molecule has 0 bridgehead atoms. The smallest absolute Gasteiger partial charge is 0.127 e. The highest BCUT2D eigenvalue weighted by molar-refractivity contribution is 5.46. The average molecular weight is 205 g/mol. The molecule has 0 spiro atoms. The molecule has 0 amide bonds. The molecule has 2 heteroatoms. The Balaban J connectivity index is 2.48. The minimum Gasteiger partial charge on any atom is -0.493 e. The van der Waals surface area contributed by atoms with Crippen molar-refractivity contribution in [3.63, 3.8) is 0 Å². The lowest BCUT2D eigenvalue weighted by atomic mass is 9.89. The van der Waals surface area contributed by atoms with Crippen LogP contribution in [0.25, 0.3) is 0 Å². The molecular weight excluding hydrogens is 186 g/mol. The zero-order valence-corrected chi connectivity index (χ0v) is 9.66. The van der Waals surface area contributed by atoms with Crippen LogP contribution in [0, 0.1) is 5.92 Å². The van der Waals surface area contributed by atoms with Gasteiger partial charge in [0.2, 0.25) is 0 Å². The summed E-state index contributed by atoms with van der Waals surface area (Å²) in [7, 11) is 0. The van der Waals surface area contributed by atoms with Gasteiger partial charge in [0.15, 0.2) is 0 Å². The second-order valence-corrected chi connectivity index (χ2v) is 4.73. The zero-order chi connectivity index (χ0) is 11.0. The van der Waals surface area contributed by atoms with E-state index < -0.39 is 0 Å². The average Bonchev–Trinajstić information content (AvgIpc) is 2.23. The van der Waals surface area contributed by atoms with Crippen molar-refractivity contribution in [1.29, 1.82) is 0 Å². The Morgan fingerprint density at radius 3 is 2.80 bits per heavy atom. The van der Waals surface area contributed by atoms with Gasteiger partial charge in [0.25, 0.3) is 0 Å².